The summed E-state index contributed by atoms with van der Waals surface area (Å²) in [5.41, 5.74) is -0.162. The summed E-state index contributed by atoms with van der Waals surface area (Å²) < 4.78 is 0. The molecular weight excluding hydrogens is 188 g/mol. The standard InChI is InChI=1S/C7H8N4OS/c1-11(2)7(12)10-6(13)5(3-8)4-9/h8H,1-2H3,(H,10,12,13). The molecule has 0 atom stereocenters. The minimum atomic E-state index is -0.437. The number of thiocarbonyl (C=S) groups is 1. The molecule has 0 aliphatic heterocycles. The number of carbonyl (C=O) groups excluding carboxylic acids is 1. The van der Waals surface area contributed by atoms with Crippen LogP contribution in [0, 0.1) is 16.7 Å². The summed E-state index contributed by atoms with van der Waals surface area (Å²) >= 11 is 4.67. The molecule has 0 spiro atoms. The maximum absolute atomic E-state index is 11.0. The Morgan fingerprint density at radius 2 is 2.15 bits per heavy atom. The van der Waals surface area contributed by atoms with E-state index in [1.54, 1.807) is 6.07 Å². The number of nitrogens with one attached hydrogen (secondary N) is 2. The van der Waals surface area contributed by atoms with E-state index in [-0.39, 0.29) is 10.6 Å². The number of nitrogens with zero attached hydrogens (tertiary/aromatic N) is 2. The van der Waals surface area contributed by atoms with Crippen molar-refractivity contribution in [2.45, 2.75) is 0 Å². The van der Waals surface area contributed by atoms with E-state index in [4.69, 9.17) is 10.7 Å². The SMILES string of the molecule is CN(C)C(=O)NC(=S)C(=C=N)C#N. The smallest absolute Gasteiger partial charge is 0.322 e. The molecule has 0 heterocycles. The van der Waals surface area contributed by atoms with Crippen LogP contribution in [-0.4, -0.2) is 35.9 Å². The Morgan fingerprint density at radius 3 is 2.46 bits per heavy atom. The largest absolute Gasteiger partial charge is 0.331 e. The van der Waals surface area contributed by atoms with Gasteiger partial charge in [0.25, 0.3) is 0 Å². The Bertz CT molecular complexity index is 322. The van der Waals surface area contributed by atoms with Crippen LogP contribution in [0.15, 0.2) is 5.57 Å². The predicted molar refractivity (Wildman–Crippen MR) is 51.7 cm³/mol. The molecule has 0 saturated carbocycles. The average Bonchev–Trinajstić information content (AvgIpc) is 2.06. The minimum Gasteiger partial charge on any atom is -0.331 e. The number of nitriles is 1. The van der Waals surface area contributed by atoms with Crippen molar-refractivity contribution in [3.8, 4) is 6.07 Å². The van der Waals surface area contributed by atoms with Gasteiger partial charge in [-0.3, -0.25) is 10.7 Å². The second-order valence-electron chi connectivity index (χ2n) is 2.27. The molecule has 0 aromatic carbocycles. The third-order valence-corrected chi connectivity index (χ3v) is 1.40. The molecule has 0 radical (unpaired) electrons. The molecular formula is C7H8N4OS. The Balaban J connectivity index is 4.43. The maximum Gasteiger partial charge on any atom is 0.322 e. The van der Waals surface area contributed by atoms with Gasteiger partial charge in [-0.15, -0.1) is 0 Å². The number of hydrogen-bond acceptors (Lipinski definition) is 4. The van der Waals surface area contributed by atoms with Crippen LogP contribution in [0.3, 0.4) is 0 Å². The second kappa shape index (κ2) is 5.04. The van der Waals surface area contributed by atoms with Crippen molar-refractivity contribution >= 4 is 29.1 Å². The van der Waals surface area contributed by atoms with Crippen molar-refractivity contribution in [2.75, 3.05) is 14.1 Å². The van der Waals surface area contributed by atoms with Crippen molar-refractivity contribution in [1.29, 1.82) is 10.7 Å². The summed E-state index contributed by atoms with van der Waals surface area (Å²) in [5.74, 6) is 1.83. The Kier molecular flexibility index (Phi) is 4.38. The summed E-state index contributed by atoms with van der Waals surface area (Å²) in [6.45, 7) is 0. The first-order valence-electron chi connectivity index (χ1n) is 3.25. The highest BCUT2D eigenvalue weighted by molar-refractivity contribution is 7.80. The van der Waals surface area contributed by atoms with Gasteiger partial charge in [0.05, 0.1) is 0 Å². The van der Waals surface area contributed by atoms with E-state index in [1.165, 1.54) is 19.0 Å². The van der Waals surface area contributed by atoms with Crippen LogP contribution >= 0.6 is 12.2 Å². The first kappa shape index (κ1) is 11.3. The van der Waals surface area contributed by atoms with E-state index in [2.05, 4.69) is 17.5 Å². The van der Waals surface area contributed by atoms with E-state index < -0.39 is 6.03 Å². The molecule has 2 N–H and O–H groups in total. The van der Waals surface area contributed by atoms with Crippen molar-refractivity contribution in [3.63, 3.8) is 0 Å². The number of hydrogen-bond donors (Lipinski definition) is 2. The highest BCUT2D eigenvalue weighted by atomic mass is 32.1. The van der Waals surface area contributed by atoms with Crippen molar-refractivity contribution < 1.29 is 4.79 Å². The summed E-state index contributed by atoms with van der Waals surface area (Å²) in [4.78, 5) is 12.2. The van der Waals surface area contributed by atoms with Crippen LogP contribution in [0.1, 0.15) is 0 Å². The van der Waals surface area contributed by atoms with Crippen molar-refractivity contribution in [1.82, 2.24) is 10.2 Å². The van der Waals surface area contributed by atoms with Crippen LogP contribution < -0.4 is 5.32 Å². The number of carbonyl (C=O) groups is 1. The van der Waals surface area contributed by atoms with E-state index in [0.29, 0.717) is 0 Å². The molecule has 68 valence electrons. The Labute approximate surface area is 81.1 Å². The molecule has 0 aromatic heterocycles. The van der Waals surface area contributed by atoms with Gasteiger partial charge in [0.1, 0.15) is 16.6 Å². The lowest BCUT2D eigenvalue weighted by atomic mass is 10.3. The van der Waals surface area contributed by atoms with Crippen LogP contribution in [0.2, 0.25) is 0 Å². The molecule has 0 unspecified atom stereocenters. The topological polar surface area (TPSA) is 80.0 Å². The third-order valence-electron chi connectivity index (χ3n) is 1.09. The molecule has 0 aliphatic rings. The lowest BCUT2D eigenvalue weighted by Gasteiger charge is -2.10. The zero-order chi connectivity index (χ0) is 10.4. The average molecular weight is 196 g/mol. The molecule has 0 saturated heterocycles. The summed E-state index contributed by atoms with van der Waals surface area (Å²) in [6.07, 6.45) is 0. The number of urea groups is 1. The fourth-order valence-corrected chi connectivity index (χ4v) is 0.591. The van der Waals surface area contributed by atoms with Crippen molar-refractivity contribution in [3.05, 3.63) is 5.57 Å². The molecule has 0 rings (SSSR count). The predicted octanol–water partition coefficient (Wildman–Crippen LogP) is 0.283. The van der Waals surface area contributed by atoms with Gasteiger partial charge < -0.3 is 4.90 Å². The van der Waals surface area contributed by atoms with Gasteiger partial charge in [0, 0.05) is 20.0 Å². The zero-order valence-corrected chi connectivity index (χ0v) is 8.03. The van der Waals surface area contributed by atoms with Gasteiger partial charge in [-0.25, -0.2) is 4.79 Å². The first-order valence-corrected chi connectivity index (χ1v) is 3.66. The molecule has 6 heteroatoms. The molecule has 5 nitrogen and oxygen atoms in total. The summed E-state index contributed by atoms with van der Waals surface area (Å²) in [5, 5.41) is 17.4. The fraction of sp³-hybridized carbons (Fsp3) is 0.286. The quantitative estimate of drug-likeness (QED) is 0.273. The summed E-state index contributed by atoms with van der Waals surface area (Å²) in [7, 11) is 3.08. The van der Waals surface area contributed by atoms with E-state index >= 15 is 0 Å². The third kappa shape index (κ3) is 3.47. The fourth-order valence-electron chi connectivity index (χ4n) is 0.407. The monoisotopic (exact) mass is 196 g/mol. The van der Waals surface area contributed by atoms with Gasteiger partial charge in [0.2, 0.25) is 0 Å². The van der Waals surface area contributed by atoms with Crippen LogP contribution in [0.25, 0.3) is 0 Å². The number of rotatable bonds is 1. The lowest BCUT2D eigenvalue weighted by Crippen LogP contribution is -2.38. The van der Waals surface area contributed by atoms with Crippen LogP contribution in [-0.2, 0) is 0 Å². The molecule has 0 fully saturated rings. The first-order chi connectivity index (χ1) is 6.02. The molecule has 0 aromatic rings. The van der Waals surface area contributed by atoms with Crippen LogP contribution in [0.5, 0.6) is 0 Å². The van der Waals surface area contributed by atoms with Gasteiger partial charge in [-0.2, -0.15) is 5.26 Å². The van der Waals surface area contributed by atoms with Gasteiger partial charge >= 0.3 is 6.03 Å². The lowest BCUT2D eigenvalue weighted by molar-refractivity contribution is 0.222. The Hall–Kier alpha value is -1.70. The summed E-state index contributed by atoms with van der Waals surface area (Å²) in [6, 6.07) is 1.20. The van der Waals surface area contributed by atoms with Gasteiger partial charge in [-0.05, 0) is 0 Å². The highest BCUT2D eigenvalue weighted by Gasteiger charge is 2.09. The second-order valence-corrected chi connectivity index (χ2v) is 2.67. The van der Waals surface area contributed by atoms with Crippen molar-refractivity contribution in [2.24, 2.45) is 0 Å². The molecule has 2 amide bonds. The van der Waals surface area contributed by atoms with Gasteiger partial charge in [0.15, 0.2) is 0 Å². The van der Waals surface area contributed by atoms with E-state index in [9.17, 15) is 4.79 Å². The molecule has 0 aliphatic carbocycles. The van der Waals surface area contributed by atoms with E-state index in [0.717, 1.165) is 0 Å². The minimum absolute atomic E-state index is 0.0869. The zero-order valence-electron chi connectivity index (χ0n) is 7.21. The van der Waals surface area contributed by atoms with Gasteiger partial charge in [-0.1, -0.05) is 12.2 Å². The normalized spacial score (nSPS) is 7.77. The van der Waals surface area contributed by atoms with E-state index in [1.807, 2.05) is 5.87 Å². The highest BCUT2D eigenvalue weighted by Crippen LogP contribution is 1.89. The molecule has 13 heavy (non-hydrogen) atoms. The number of amides is 2. The van der Waals surface area contributed by atoms with Crippen LogP contribution in [0.4, 0.5) is 4.79 Å². The molecule has 0 bridgehead atoms. The Morgan fingerprint density at radius 1 is 1.62 bits per heavy atom. The maximum atomic E-state index is 11.0.